The molecule has 0 aromatic carbocycles. The predicted molar refractivity (Wildman–Crippen MR) is 64.1 cm³/mol. The highest BCUT2D eigenvalue weighted by atomic mass is 16.5. The third-order valence-corrected chi connectivity index (χ3v) is 3.23. The summed E-state index contributed by atoms with van der Waals surface area (Å²) in [7, 11) is 0. The molecule has 0 aromatic heterocycles. The van der Waals surface area contributed by atoms with Crippen molar-refractivity contribution in [3.63, 3.8) is 0 Å². The van der Waals surface area contributed by atoms with Gasteiger partial charge in [0.2, 0.25) is 5.91 Å². The Morgan fingerprint density at radius 1 is 1.50 bits per heavy atom. The van der Waals surface area contributed by atoms with E-state index in [0.717, 1.165) is 6.42 Å². The molecule has 0 unspecified atom stereocenters. The highest BCUT2D eigenvalue weighted by Gasteiger charge is 2.46. The largest absolute Gasteiger partial charge is 0.368 e. The van der Waals surface area contributed by atoms with Gasteiger partial charge in [-0.2, -0.15) is 0 Å². The topological polar surface area (TPSA) is 64.3 Å². The number of hydrogen-bond donors (Lipinski definition) is 2. The minimum Gasteiger partial charge on any atom is -0.368 e. The zero-order chi connectivity index (χ0) is 12.6. The van der Waals surface area contributed by atoms with E-state index in [0.29, 0.717) is 6.42 Å². The molecule has 0 radical (unpaired) electrons. The van der Waals surface area contributed by atoms with Gasteiger partial charge in [-0.05, 0) is 40.5 Å². The summed E-state index contributed by atoms with van der Waals surface area (Å²) in [5.74, 6) is -0.289. The van der Waals surface area contributed by atoms with Crippen molar-refractivity contribution in [2.24, 2.45) is 5.73 Å². The van der Waals surface area contributed by atoms with Crippen LogP contribution in [0.2, 0.25) is 0 Å². The molecule has 1 saturated heterocycles. The minimum absolute atomic E-state index is 0.142. The Balaban J connectivity index is 2.70. The summed E-state index contributed by atoms with van der Waals surface area (Å²) in [5.41, 5.74) is 4.94. The van der Waals surface area contributed by atoms with Crippen LogP contribution in [-0.2, 0) is 9.53 Å². The maximum Gasteiger partial charge on any atom is 0.234 e. The van der Waals surface area contributed by atoms with Crippen molar-refractivity contribution in [2.75, 3.05) is 0 Å². The average Bonchev–Trinajstić information content (AvgIpc) is 2.29. The summed E-state index contributed by atoms with van der Waals surface area (Å²) in [5, 5.41) is 3.31. The molecular weight excluding hydrogens is 204 g/mol. The lowest BCUT2D eigenvalue weighted by Gasteiger charge is -2.29. The molecule has 0 aliphatic carbocycles. The van der Waals surface area contributed by atoms with Gasteiger partial charge in [-0.15, -0.1) is 0 Å². The predicted octanol–water partition coefficient (Wildman–Crippen LogP) is 1.19. The molecule has 0 spiro atoms. The lowest BCUT2D eigenvalue weighted by Crippen LogP contribution is -2.52. The van der Waals surface area contributed by atoms with Crippen LogP contribution < -0.4 is 11.1 Å². The quantitative estimate of drug-likeness (QED) is 0.759. The number of carbonyl (C=O) groups excluding carboxylic acids is 1. The van der Waals surface area contributed by atoms with Gasteiger partial charge in [0.15, 0.2) is 0 Å². The molecule has 4 heteroatoms. The molecule has 1 rings (SSSR count). The monoisotopic (exact) mass is 228 g/mol. The van der Waals surface area contributed by atoms with Gasteiger partial charge in [0.05, 0.1) is 17.2 Å². The van der Waals surface area contributed by atoms with Crippen LogP contribution in [0.5, 0.6) is 0 Å². The van der Waals surface area contributed by atoms with Crippen LogP contribution in [0.1, 0.15) is 47.5 Å². The van der Waals surface area contributed by atoms with Gasteiger partial charge in [-0.1, -0.05) is 6.92 Å². The van der Waals surface area contributed by atoms with Gasteiger partial charge in [0.25, 0.3) is 0 Å². The van der Waals surface area contributed by atoms with E-state index in [1.807, 2.05) is 20.8 Å². The van der Waals surface area contributed by atoms with E-state index in [9.17, 15) is 4.79 Å². The molecule has 0 bridgehead atoms. The number of primary amides is 1. The number of rotatable bonds is 4. The van der Waals surface area contributed by atoms with E-state index >= 15 is 0 Å². The zero-order valence-electron chi connectivity index (χ0n) is 11.0. The van der Waals surface area contributed by atoms with Crippen LogP contribution in [0.4, 0.5) is 0 Å². The summed E-state index contributed by atoms with van der Waals surface area (Å²) in [4.78, 5) is 11.2. The lowest BCUT2D eigenvalue weighted by molar-refractivity contribution is -0.120. The highest BCUT2D eigenvalue weighted by molar-refractivity contribution is 5.79. The Morgan fingerprint density at radius 2 is 2.06 bits per heavy atom. The molecule has 3 N–H and O–H groups in total. The minimum atomic E-state index is -0.289. The number of amides is 1. The van der Waals surface area contributed by atoms with E-state index in [1.165, 1.54) is 0 Å². The van der Waals surface area contributed by atoms with Crippen LogP contribution in [0.15, 0.2) is 0 Å². The highest BCUT2D eigenvalue weighted by Crippen LogP contribution is 2.37. The molecule has 1 fully saturated rings. The molecule has 0 aromatic rings. The van der Waals surface area contributed by atoms with Crippen LogP contribution in [-0.4, -0.2) is 29.2 Å². The molecule has 1 heterocycles. The Hall–Kier alpha value is -0.610. The number of ether oxygens (including phenoxy) is 1. The molecule has 1 aliphatic rings. The SMILES string of the molecule is CC[C@@H](N[C@@H]1CC(C)(C)OC1(C)C)C(N)=O. The summed E-state index contributed by atoms with van der Waals surface area (Å²) < 4.78 is 5.96. The molecule has 4 nitrogen and oxygen atoms in total. The van der Waals surface area contributed by atoms with Crippen molar-refractivity contribution in [1.29, 1.82) is 0 Å². The molecule has 16 heavy (non-hydrogen) atoms. The van der Waals surface area contributed by atoms with Crippen molar-refractivity contribution >= 4 is 5.91 Å². The third-order valence-electron chi connectivity index (χ3n) is 3.23. The number of nitrogens with two attached hydrogens (primary N) is 1. The van der Waals surface area contributed by atoms with Crippen molar-refractivity contribution < 1.29 is 9.53 Å². The van der Waals surface area contributed by atoms with Gasteiger partial charge >= 0.3 is 0 Å². The molecule has 94 valence electrons. The van der Waals surface area contributed by atoms with E-state index in [1.54, 1.807) is 0 Å². The summed E-state index contributed by atoms with van der Waals surface area (Å²) in [6.45, 7) is 10.2. The fourth-order valence-electron chi connectivity index (χ4n) is 2.47. The lowest BCUT2D eigenvalue weighted by atomic mass is 9.93. The van der Waals surface area contributed by atoms with Crippen molar-refractivity contribution in [3.8, 4) is 0 Å². The van der Waals surface area contributed by atoms with E-state index in [-0.39, 0.29) is 29.2 Å². The Bertz CT molecular complexity index is 274. The molecule has 2 atom stereocenters. The molecular formula is C12H24N2O2. The normalized spacial score (nSPS) is 28.9. The van der Waals surface area contributed by atoms with Gasteiger partial charge in [0, 0.05) is 6.04 Å². The van der Waals surface area contributed by atoms with Crippen LogP contribution in [0, 0.1) is 0 Å². The molecule has 1 amide bonds. The van der Waals surface area contributed by atoms with E-state index < -0.39 is 0 Å². The first-order valence-corrected chi connectivity index (χ1v) is 5.93. The maximum absolute atomic E-state index is 11.2. The van der Waals surface area contributed by atoms with Gasteiger partial charge in [0.1, 0.15) is 0 Å². The number of carbonyl (C=O) groups is 1. The van der Waals surface area contributed by atoms with E-state index in [2.05, 4.69) is 19.2 Å². The van der Waals surface area contributed by atoms with Gasteiger partial charge < -0.3 is 15.8 Å². The van der Waals surface area contributed by atoms with Gasteiger partial charge in [-0.25, -0.2) is 0 Å². The zero-order valence-corrected chi connectivity index (χ0v) is 11.0. The summed E-state index contributed by atoms with van der Waals surface area (Å²) >= 11 is 0. The van der Waals surface area contributed by atoms with Crippen LogP contribution in [0.25, 0.3) is 0 Å². The Labute approximate surface area is 97.9 Å². The maximum atomic E-state index is 11.2. The fourth-order valence-corrected chi connectivity index (χ4v) is 2.47. The number of nitrogens with one attached hydrogen (secondary N) is 1. The molecule has 0 saturated carbocycles. The fraction of sp³-hybridized carbons (Fsp3) is 0.917. The standard InChI is InChI=1S/C12H24N2O2/c1-6-8(10(13)15)14-9-7-11(2,3)16-12(9,4)5/h8-9,14H,6-7H2,1-5H3,(H2,13,15)/t8-,9-/m1/s1. The first-order chi connectivity index (χ1) is 7.18. The van der Waals surface area contributed by atoms with Crippen LogP contribution in [0.3, 0.4) is 0 Å². The third kappa shape index (κ3) is 2.95. The second kappa shape index (κ2) is 4.34. The Morgan fingerprint density at radius 3 is 2.38 bits per heavy atom. The summed E-state index contributed by atoms with van der Waals surface area (Å²) in [6, 6.07) is -0.0956. The second-order valence-corrected chi connectivity index (χ2v) is 5.75. The average molecular weight is 228 g/mol. The number of hydrogen-bond acceptors (Lipinski definition) is 3. The van der Waals surface area contributed by atoms with Crippen molar-refractivity contribution in [3.05, 3.63) is 0 Å². The van der Waals surface area contributed by atoms with Crippen molar-refractivity contribution in [1.82, 2.24) is 5.32 Å². The van der Waals surface area contributed by atoms with E-state index in [4.69, 9.17) is 10.5 Å². The van der Waals surface area contributed by atoms with Crippen molar-refractivity contribution in [2.45, 2.75) is 70.7 Å². The van der Waals surface area contributed by atoms with Crippen LogP contribution >= 0.6 is 0 Å². The second-order valence-electron chi connectivity index (χ2n) is 5.75. The van der Waals surface area contributed by atoms with Gasteiger partial charge in [-0.3, -0.25) is 4.79 Å². The Kier molecular flexibility index (Phi) is 3.65. The summed E-state index contributed by atoms with van der Waals surface area (Å²) in [6.07, 6.45) is 1.60. The first kappa shape index (κ1) is 13.5. The molecule has 1 aliphatic heterocycles. The first-order valence-electron chi connectivity index (χ1n) is 5.93. The smallest absolute Gasteiger partial charge is 0.234 e.